The average molecular weight is 168 g/mol. The van der Waals surface area contributed by atoms with Crippen LogP contribution in [-0.2, 0) is 0 Å². The van der Waals surface area contributed by atoms with Gasteiger partial charge in [-0.15, -0.1) is 0 Å². The molecule has 0 aliphatic carbocycles. The molecule has 0 aromatic carbocycles. The average Bonchev–Trinajstić information content (AvgIpc) is 2.30. The Hall–Kier alpha value is -1.41. The fourth-order valence-corrected chi connectivity index (χ4v) is 1.33. The first-order chi connectivity index (χ1) is 5.16. The fraction of sp³-hybridized carbons (Fsp3) is 0.167. The number of rotatable bonds is 1. The quantitative estimate of drug-likeness (QED) is 0.679. The second kappa shape index (κ2) is 2.68. The minimum atomic E-state index is -1.09. The minimum absolute atomic E-state index is 0.0185. The van der Waals surface area contributed by atoms with Gasteiger partial charge in [0.15, 0.2) is 4.88 Å². The lowest BCUT2D eigenvalue weighted by atomic mass is 10.2. The predicted octanol–water partition coefficient (Wildman–Crippen LogP) is 1.02. The molecular weight excluding hydrogens is 164 g/mol. The van der Waals surface area contributed by atoms with Crippen LogP contribution in [0.15, 0.2) is 0 Å². The van der Waals surface area contributed by atoms with E-state index in [9.17, 15) is 4.79 Å². The number of carboxylic acids is 1. The highest BCUT2D eigenvalue weighted by Crippen LogP contribution is 2.16. The maximum atomic E-state index is 10.4. The number of carboxylic acid groups (broad SMARTS) is 1. The summed E-state index contributed by atoms with van der Waals surface area (Å²) in [5.41, 5.74) is 0.650. The Labute approximate surface area is 66.9 Å². The highest BCUT2D eigenvalue weighted by Gasteiger charge is 2.15. The number of aryl methyl sites for hydroxylation is 1. The summed E-state index contributed by atoms with van der Waals surface area (Å²) in [7, 11) is 0. The van der Waals surface area contributed by atoms with Crippen LogP contribution in [0, 0.1) is 18.3 Å². The third-order valence-corrected chi connectivity index (χ3v) is 2.10. The van der Waals surface area contributed by atoms with Gasteiger partial charge in [-0.1, -0.05) is 0 Å². The van der Waals surface area contributed by atoms with Crippen LogP contribution in [0.4, 0.5) is 0 Å². The van der Waals surface area contributed by atoms with Crippen LogP contribution >= 0.6 is 11.5 Å². The monoisotopic (exact) mass is 168 g/mol. The van der Waals surface area contributed by atoms with Gasteiger partial charge in [0.2, 0.25) is 0 Å². The molecule has 0 radical (unpaired) electrons. The fourth-order valence-electron chi connectivity index (χ4n) is 0.647. The van der Waals surface area contributed by atoms with Gasteiger partial charge in [0.25, 0.3) is 0 Å². The number of carbonyl (C=O) groups is 1. The van der Waals surface area contributed by atoms with Gasteiger partial charge in [-0.3, -0.25) is 0 Å². The van der Waals surface area contributed by atoms with Gasteiger partial charge in [0, 0.05) is 0 Å². The van der Waals surface area contributed by atoms with Crippen molar-refractivity contribution < 1.29 is 9.90 Å². The lowest BCUT2D eigenvalue weighted by molar-refractivity contribution is 0.0702. The van der Waals surface area contributed by atoms with Crippen LogP contribution in [0.1, 0.15) is 20.9 Å². The molecule has 0 aliphatic heterocycles. The van der Waals surface area contributed by atoms with Gasteiger partial charge in [-0.2, -0.15) is 9.64 Å². The van der Waals surface area contributed by atoms with Crippen LogP contribution in [0.2, 0.25) is 0 Å². The molecule has 1 rings (SSSR count). The molecule has 1 N–H and O–H groups in total. The molecule has 4 nitrogen and oxygen atoms in total. The standard InChI is InChI=1S/C6H4N2O2S/c1-3-4(2-7)5(6(9)10)11-8-3/h1H3,(H,9,10). The van der Waals surface area contributed by atoms with Crippen molar-refractivity contribution in [2.75, 3.05) is 0 Å². The van der Waals surface area contributed by atoms with Crippen molar-refractivity contribution in [3.63, 3.8) is 0 Å². The maximum absolute atomic E-state index is 10.4. The second-order valence-electron chi connectivity index (χ2n) is 1.89. The van der Waals surface area contributed by atoms with Crippen LogP contribution < -0.4 is 0 Å². The van der Waals surface area contributed by atoms with E-state index in [1.807, 2.05) is 0 Å². The zero-order valence-electron chi connectivity index (χ0n) is 5.66. The molecule has 0 aliphatic rings. The largest absolute Gasteiger partial charge is 0.477 e. The molecule has 0 spiro atoms. The summed E-state index contributed by atoms with van der Waals surface area (Å²) in [6, 6.07) is 1.79. The molecule has 0 saturated heterocycles. The van der Waals surface area contributed by atoms with E-state index in [0.29, 0.717) is 5.69 Å². The zero-order valence-corrected chi connectivity index (χ0v) is 6.47. The Morgan fingerprint density at radius 1 is 1.82 bits per heavy atom. The summed E-state index contributed by atoms with van der Waals surface area (Å²) in [6.07, 6.45) is 0. The summed E-state index contributed by atoms with van der Waals surface area (Å²) in [5, 5.41) is 17.0. The number of aromatic carboxylic acids is 1. The predicted molar refractivity (Wildman–Crippen MR) is 38.5 cm³/mol. The van der Waals surface area contributed by atoms with E-state index in [1.54, 1.807) is 13.0 Å². The molecule has 0 saturated carbocycles. The Morgan fingerprint density at radius 3 is 2.82 bits per heavy atom. The van der Waals surface area contributed by atoms with Crippen molar-refractivity contribution in [3.8, 4) is 6.07 Å². The van der Waals surface area contributed by atoms with E-state index in [0.717, 1.165) is 11.5 Å². The molecule has 1 heterocycles. The first-order valence-corrected chi connectivity index (χ1v) is 3.54. The van der Waals surface area contributed by atoms with Crippen molar-refractivity contribution in [1.82, 2.24) is 4.37 Å². The van der Waals surface area contributed by atoms with E-state index in [1.165, 1.54) is 0 Å². The van der Waals surface area contributed by atoms with Crippen LogP contribution in [0.5, 0.6) is 0 Å². The topological polar surface area (TPSA) is 74.0 Å². The summed E-state index contributed by atoms with van der Waals surface area (Å²) in [6.45, 7) is 1.61. The van der Waals surface area contributed by atoms with Crippen LogP contribution in [0.3, 0.4) is 0 Å². The minimum Gasteiger partial charge on any atom is -0.477 e. The van der Waals surface area contributed by atoms with Gasteiger partial charge >= 0.3 is 5.97 Å². The summed E-state index contributed by atoms with van der Waals surface area (Å²) >= 11 is 0.837. The van der Waals surface area contributed by atoms with Crippen molar-refractivity contribution in [1.29, 1.82) is 5.26 Å². The number of nitrogens with zero attached hydrogens (tertiary/aromatic N) is 2. The molecular formula is C6H4N2O2S. The molecule has 11 heavy (non-hydrogen) atoms. The number of hydrogen-bond acceptors (Lipinski definition) is 4. The molecule has 0 fully saturated rings. The van der Waals surface area contributed by atoms with Gasteiger partial charge in [-0.05, 0) is 18.5 Å². The molecule has 0 atom stereocenters. The van der Waals surface area contributed by atoms with Crippen molar-refractivity contribution >= 4 is 17.5 Å². The summed E-state index contributed by atoms with van der Waals surface area (Å²) < 4.78 is 3.75. The van der Waals surface area contributed by atoms with Crippen molar-refractivity contribution in [2.45, 2.75) is 6.92 Å². The molecule has 0 bridgehead atoms. The first kappa shape index (κ1) is 7.69. The van der Waals surface area contributed by atoms with Crippen LogP contribution in [0.25, 0.3) is 0 Å². The molecule has 0 amide bonds. The van der Waals surface area contributed by atoms with E-state index in [-0.39, 0.29) is 10.4 Å². The lowest BCUT2D eigenvalue weighted by Gasteiger charge is -1.85. The second-order valence-corrected chi connectivity index (χ2v) is 2.66. The van der Waals surface area contributed by atoms with Gasteiger partial charge < -0.3 is 5.11 Å². The number of hydrogen-bond donors (Lipinski definition) is 1. The highest BCUT2D eigenvalue weighted by molar-refractivity contribution is 7.08. The van der Waals surface area contributed by atoms with E-state index in [2.05, 4.69) is 4.37 Å². The van der Waals surface area contributed by atoms with E-state index >= 15 is 0 Å². The molecule has 0 unspecified atom stereocenters. The SMILES string of the molecule is Cc1nsc(C(=O)O)c1C#N. The molecule has 1 aromatic rings. The molecule has 1 aromatic heterocycles. The van der Waals surface area contributed by atoms with E-state index in [4.69, 9.17) is 10.4 Å². The van der Waals surface area contributed by atoms with Gasteiger partial charge in [-0.25, -0.2) is 4.79 Å². The maximum Gasteiger partial charge on any atom is 0.348 e. The summed E-state index contributed by atoms with van der Waals surface area (Å²) in [5.74, 6) is -1.09. The lowest BCUT2D eigenvalue weighted by Crippen LogP contribution is -1.95. The zero-order chi connectivity index (χ0) is 8.43. The Morgan fingerprint density at radius 2 is 2.45 bits per heavy atom. The van der Waals surface area contributed by atoms with Gasteiger partial charge in [0.05, 0.1) is 5.69 Å². The van der Waals surface area contributed by atoms with Crippen molar-refractivity contribution in [3.05, 3.63) is 16.1 Å². The smallest absolute Gasteiger partial charge is 0.348 e. The molecule has 56 valence electrons. The van der Waals surface area contributed by atoms with Crippen LogP contribution in [-0.4, -0.2) is 15.4 Å². The highest BCUT2D eigenvalue weighted by atomic mass is 32.1. The Balaban J connectivity index is 3.30. The molecule has 5 heteroatoms. The van der Waals surface area contributed by atoms with Gasteiger partial charge in [0.1, 0.15) is 11.6 Å². The number of aromatic nitrogens is 1. The normalized spacial score (nSPS) is 9.09. The Kier molecular flexibility index (Phi) is 1.87. The van der Waals surface area contributed by atoms with E-state index < -0.39 is 5.97 Å². The third kappa shape index (κ3) is 1.21. The third-order valence-electron chi connectivity index (χ3n) is 1.17. The first-order valence-electron chi connectivity index (χ1n) is 2.76. The van der Waals surface area contributed by atoms with Crippen molar-refractivity contribution in [2.24, 2.45) is 0 Å². The Bertz CT molecular complexity index is 337. The number of nitriles is 1. The summed E-state index contributed by atoms with van der Waals surface area (Å²) in [4.78, 5) is 10.4.